The van der Waals surface area contributed by atoms with Gasteiger partial charge in [0.2, 0.25) is 6.08 Å². The zero-order valence-electron chi connectivity index (χ0n) is 14.4. The number of nitrogens with zero attached hydrogens (tertiary/aromatic N) is 1. The van der Waals surface area contributed by atoms with Gasteiger partial charge in [-0.05, 0) is 42.2 Å². The molecule has 0 spiro atoms. The predicted octanol–water partition coefficient (Wildman–Crippen LogP) is 4.02. The highest BCUT2D eigenvalue weighted by Crippen LogP contribution is 2.46. The molecule has 130 valence electrons. The summed E-state index contributed by atoms with van der Waals surface area (Å²) in [5.41, 5.74) is 0.647. The molecule has 6 heteroatoms. The first kappa shape index (κ1) is 18.6. The van der Waals surface area contributed by atoms with Crippen LogP contribution in [0, 0.1) is 10.8 Å². The minimum absolute atomic E-state index is 0.0284. The maximum atomic E-state index is 12.2. The Labute approximate surface area is 148 Å². The molecular formula is C18H25N3O2S. The van der Waals surface area contributed by atoms with Crippen molar-refractivity contribution in [2.24, 2.45) is 15.8 Å². The van der Waals surface area contributed by atoms with Gasteiger partial charge in [0.1, 0.15) is 0 Å². The number of urea groups is 1. The lowest BCUT2D eigenvalue weighted by atomic mass is 9.63. The van der Waals surface area contributed by atoms with Crippen molar-refractivity contribution in [3.05, 3.63) is 24.3 Å². The molecular weight excluding hydrogens is 322 g/mol. The minimum atomic E-state index is -0.253. The van der Waals surface area contributed by atoms with Crippen LogP contribution < -0.4 is 10.6 Å². The molecule has 0 aromatic heterocycles. The number of carbonyl (C=O) groups is 1. The fourth-order valence-electron chi connectivity index (χ4n) is 3.92. The average molecular weight is 347 g/mol. The molecule has 0 aliphatic heterocycles. The first-order valence-corrected chi connectivity index (χ1v) is 8.58. The molecule has 1 aromatic rings. The molecule has 0 radical (unpaired) electrons. The van der Waals surface area contributed by atoms with Gasteiger partial charge in [-0.2, -0.15) is 0 Å². The Morgan fingerprint density at radius 1 is 1.33 bits per heavy atom. The molecule has 2 rings (SSSR count). The number of benzene rings is 1. The van der Waals surface area contributed by atoms with E-state index in [2.05, 4.69) is 49.0 Å². The van der Waals surface area contributed by atoms with Crippen molar-refractivity contribution >= 4 is 30.4 Å². The Kier molecular flexibility index (Phi) is 5.73. The van der Waals surface area contributed by atoms with Crippen LogP contribution in [0.1, 0.15) is 40.0 Å². The molecule has 0 saturated heterocycles. The van der Waals surface area contributed by atoms with E-state index >= 15 is 0 Å². The number of isocyanates is 1. The third-order valence-corrected chi connectivity index (χ3v) is 4.88. The Morgan fingerprint density at radius 2 is 2.04 bits per heavy atom. The number of anilines is 1. The monoisotopic (exact) mass is 347 g/mol. The lowest BCUT2D eigenvalue weighted by molar-refractivity contribution is 0.0855. The van der Waals surface area contributed by atoms with Gasteiger partial charge in [-0.1, -0.05) is 32.9 Å². The van der Waals surface area contributed by atoms with Crippen molar-refractivity contribution < 1.29 is 9.59 Å². The highest BCUT2D eigenvalue weighted by Gasteiger charge is 2.41. The van der Waals surface area contributed by atoms with Crippen LogP contribution in [0.4, 0.5) is 10.5 Å². The molecule has 1 fully saturated rings. The van der Waals surface area contributed by atoms with Crippen molar-refractivity contribution in [3.8, 4) is 0 Å². The third kappa shape index (κ3) is 5.11. The molecule has 2 N–H and O–H groups in total. The van der Waals surface area contributed by atoms with Crippen LogP contribution in [0.2, 0.25) is 0 Å². The third-order valence-electron chi connectivity index (χ3n) is 4.49. The molecule has 0 bridgehead atoms. The summed E-state index contributed by atoms with van der Waals surface area (Å²) in [5, 5.41) is 5.76. The SMILES string of the molecule is CC1(C)CC(N=C=O)CC(C)(CNC(=O)Nc2ccccc2S)C1. The maximum Gasteiger partial charge on any atom is 0.319 e. The number of aliphatic imine (C=N–C) groups is 1. The van der Waals surface area contributed by atoms with E-state index in [9.17, 15) is 9.59 Å². The summed E-state index contributed by atoms with van der Waals surface area (Å²) in [5.74, 6) is 0. The number of thiol groups is 1. The number of hydrogen-bond acceptors (Lipinski definition) is 4. The van der Waals surface area contributed by atoms with E-state index < -0.39 is 0 Å². The van der Waals surface area contributed by atoms with Gasteiger partial charge in [0.05, 0.1) is 11.7 Å². The van der Waals surface area contributed by atoms with E-state index in [4.69, 9.17) is 0 Å². The maximum absolute atomic E-state index is 12.2. The normalized spacial score (nSPS) is 25.4. The average Bonchev–Trinajstić information content (AvgIpc) is 2.46. The van der Waals surface area contributed by atoms with Gasteiger partial charge in [0.15, 0.2) is 0 Å². The molecule has 2 amide bonds. The van der Waals surface area contributed by atoms with E-state index in [-0.39, 0.29) is 22.9 Å². The number of para-hydroxylation sites is 1. The van der Waals surface area contributed by atoms with Gasteiger partial charge >= 0.3 is 6.03 Å². The van der Waals surface area contributed by atoms with Crippen LogP contribution in [0.25, 0.3) is 0 Å². The summed E-state index contributed by atoms with van der Waals surface area (Å²) in [6, 6.07) is 7.07. The molecule has 5 nitrogen and oxygen atoms in total. The van der Waals surface area contributed by atoms with Crippen LogP contribution in [-0.2, 0) is 4.79 Å². The molecule has 1 aliphatic rings. The number of carbonyl (C=O) groups excluding carboxylic acids is 2. The van der Waals surface area contributed by atoms with Crippen LogP contribution in [-0.4, -0.2) is 24.7 Å². The summed E-state index contributed by atoms with van der Waals surface area (Å²) in [6.07, 6.45) is 4.30. The molecule has 2 atom stereocenters. The minimum Gasteiger partial charge on any atom is -0.337 e. The van der Waals surface area contributed by atoms with Crippen molar-refractivity contribution in [2.75, 3.05) is 11.9 Å². The second kappa shape index (κ2) is 7.41. The number of nitrogens with one attached hydrogen (secondary N) is 2. The lowest BCUT2D eigenvalue weighted by Gasteiger charge is -2.45. The van der Waals surface area contributed by atoms with Crippen molar-refractivity contribution in [1.29, 1.82) is 0 Å². The molecule has 24 heavy (non-hydrogen) atoms. The second-order valence-corrected chi connectivity index (χ2v) is 8.24. The standard InChI is InChI=1S/C18H25N3O2S/c1-17(2)8-13(20-12-22)9-18(3,10-17)11-19-16(23)21-14-6-4-5-7-15(14)24/h4-7,13,24H,8-11H2,1-3H3,(H2,19,21,23). The first-order valence-electron chi connectivity index (χ1n) is 8.13. The number of rotatable bonds is 4. The first-order chi connectivity index (χ1) is 11.2. The van der Waals surface area contributed by atoms with Gasteiger partial charge < -0.3 is 10.6 Å². The number of hydrogen-bond donors (Lipinski definition) is 3. The van der Waals surface area contributed by atoms with Gasteiger partial charge in [-0.3, -0.25) is 0 Å². The second-order valence-electron chi connectivity index (χ2n) is 7.76. The van der Waals surface area contributed by atoms with Crippen LogP contribution in [0.5, 0.6) is 0 Å². The Hall–Kier alpha value is -1.78. The molecule has 0 heterocycles. The fourth-order valence-corrected chi connectivity index (χ4v) is 4.14. The van der Waals surface area contributed by atoms with Crippen molar-refractivity contribution in [2.45, 2.75) is 51.0 Å². The zero-order chi connectivity index (χ0) is 17.8. The van der Waals surface area contributed by atoms with Gasteiger partial charge in [0, 0.05) is 11.4 Å². The van der Waals surface area contributed by atoms with E-state index in [1.165, 1.54) is 0 Å². The Balaban J connectivity index is 1.97. The summed E-state index contributed by atoms with van der Waals surface area (Å²) in [6.45, 7) is 7.01. The summed E-state index contributed by atoms with van der Waals surface area (Å²) in [4.78, 5) is 27.5. The van der Waals surface area contributed by atoms with E-state index in [1.54, 1.807) is 6.08 Å². The van der Waals surface area contributed by atoms with E-state index in [0.29, 0.717) is 12.2 Å². The van der Waals surface area contributed by atoms with Gasteiger partial charge in [-0.25, -0.2) is 14.6 Å². The van der Waals surface area contributed by atoms with Gasteiger partial charge in [-0.15, -0.1) is 12.6 Å². The van der Waals surface area contributed by atoms with Crippen LogP contribution in [0.15, 0.2) is 34.2 Å². The largest absolute Gasteiger partial charge is 0.337 e. The summed E-state index contributed by atoms with van der Waals surface area (Å²) < 4.78 is 0. The molecule has 1 saturated carbocycles. The molecule has 2 unspecified atom stereocenters. The summed E-state index contributed by atoms with van der Waals surface area (Å²) >= 11 is 4.33. The van der Waals surface area contributed by atoms with Gasteiger partial charge in [0.25, 0.3) is 0 Å². The van der Waals surface area contributed by atoms with E-state index in [0.717, 1.165) is 24.2 Å². The molecule has 1 aliphatic carbocycles. The zero-order valence-corrected chi connectivity index (χ0v) is 15.3. The fraction of sp³-hybridized carbons (Fsp3) is 0.556. The predicted molar refractivity (Wildman–Crippen MR) is 98.4 cm³/mol. The molecule has 1 aromatic carbocycles. The lowest BCUT2D eigenvalue weighted by Crippen LogP contribution is -2.45. The van der Waals surface area contributed by atoms with E-state index in [1.807, 2.05) is 24.3 Å². The summed E-state index contributed by atoms with van der Waals surface area (Å²) in [7, 11) is 0. The quantitative estimate of drug-likeness (QED) is 0.437. The number of amides is 2. The topological polar surface area (TPSA) is 70.6 Å². The van der Waals surface area contributed by atoms with Crippen LogP contribution >= 0.6 is 12.6 Å². The van der Waals surface area contributed by atoms with Crippen molar-refractivity contribution in [1.82, 2.24) is 5.32 Å². The Morgan fingerprint density at radius 3 is 2.71 bits per heavy atom. The van der Waals surface area contributed by atoms with Crippen LogP contribution in [0.3, 0.4) is 0 Å². The van der Waals surface area contributed by atoms with Crippen molar-refractivity contribution in [3.63, 3.8) is 0 Å². The highest BCUT2D eigenvalue weighted by atomic mass is 32.1. The highest BCUT2D eigenvalue weighted by molar-refractivity contribution is 7.80. The Bertz CT molecular complexity index is 655. The smallest absolute Gasteiger partial charge is 0.319 e.